The van der Waals surface area contributed by atoms with Gasteiger partial charge < -0.3 is 4.52 Å². The Morgan fingerprint density at radius 2 is 1.70 bits per heavy atom. The van der Waals surface area contributed by atoms with E-state index >= 15 is 0 Å². The van der Waals surface area contributed by atoms with Crippen LogP contribution in [-0.2, 0) is 16.4 Å². The Hall–Kier alpha value is -2.51. The minimum atomic E-state index is -3.54. The molecule has 0 saturated heterocycles. The highest BCUT2D eigenvalue weighted by Crippen LogP contribution is 2.18. The van der Waals surface area contributed by atoms with Gasteiger partial charge in [-0.25, -0.2) is 8.42 Å². The number of hydrogen-bond donors (Lipinski definition) is 0. The molecule has 0 saturated carbocycles. The third-order valence-corrected chi connectivity index (χ3v) is 6.12. The molecule has 0 aliphatic carbocycles. The fourth-order valence-electron chi connectivity index (χ4n) is 2.74. The lowest BCUT2D eigenvalue weighted by atomic mass is 10.1. The van der Waals surface area contributed by atoms with E-state index in [4.69, 9.17) is 4.52 Å². The monoisotopic (exact) mass is 385 g/mol. The highest BCUT2D eigenvalue weighted by Gasteiger charge is 2.24. The first-order chi connectivity index (χ1) is 13.0. The van der Waals surface area contributed by atoms with Crippen molar-refractivity contribution in [1.29, 1.82) is 0 Å². The van der Waals surface area contributed by atoms with Gasteiger partial charge in [-0.05, 0) is 25.5 Å². The van der Waals surface area contributed by atoms with Crippen molar-refractivity contribution in [2.45, 2.75) is 31.6 Å². The number of nitrogens with zero attached hydrogens (tertiary/aromatic N) is 3. The highest BCUT2D eigenvalue weighted by atomic mass is 32.2. The summed E-state index contributed by atoms with van der Waals surface area (Å²) in [5.74, 6) is 0.938. The Morgan fingerprint density at radius 3 is 2.37 bits per heavy atom. The van der Waals surface area contributed by atoms with Crippen molar-refractivity contribution in [3.8, 4) is 11.4 Å². The average Bonchev–Trinajstić information content (AvgIpc) is 3.15. The van der Waals surface area contributed by atoms with Crippen molar-refractivity contribution in [3.63, 3.8) is 0 Å². The zero-order valence-corrected chi connectivity index (χ0v) is 16.3. The van der Waals surface area contributed by atoms with Crippen LogP contribution >= 0.6 is 0 Å². The van der Waals surface area contributed by atoms with Gasteiger partial charge in [0.15, 0.2) is 0 Å². The Bertz CT molecular complexity index is 967. The molecule has 6 nitrogen and oxygen atoms in total. The van der Waals surface area contributed by atoms with Crippen LogP contribution in [-0.4, -0.2) is 36.0 Å². The summed E-state index contributed by atoms with van der Waals surface area (Å²) in [6.07, 6.45) is 1.09. The van der Waals surface area contributed by atoms with E-state index < -0.39 is 10.0 Å². The number of rotatable bonds is 8. The number of sulfonamides is 1. The molecule has 0 unspecified atom stereocenters. The second-order valence-electron chi connectivity index (χ2n) is 6.34. The first-order valence-electron chi connectivity index (χ1n) is 8.95. The summed E-state index contributed by atoms with van der Waals surface area (Å²) in [6, 6.07) is 16.3. The Kier molecular flexibility index (Phi) is 6.03. The topological polar surface area (TPSA) is 76.3 Å². The summed E-state index contributed by atoms with van der Waals surface area (Å²) in [5.41, 5.74) is 2.03. The minimum absolute atomic E-state index is 0.292. The predicted molar refractivity (Wildman–Crippen MR) is 104 cm³/mol. The molecule has 0 fully saturated rings. The number of aryl methyl sites for hydroxylation is 1. The van der Waals surface area contributed by atoms with Crippen molar-refractivity contribution in [2.24, 2.45) is 0 Å². The summed E-state index contributed by atoms with van der Waals surface area (Å²) in [4.78, 5) is 4.69. The Balaban J connectivity index is 1.72. The molecule has 0 atom stereocenters. The second kappa shape index (κ2) is 8.45. The van der Waals surface area contributed by atoms with Crippen molar-refractivity contribution >= 4 is 10.0 Å². The summed E-state index contributed by atoms with van der Waals surface area (Å²) in [6.45, 7) is 4.70. The Labute approximate surface area is 159 Å². The van der Waals surface area contributed by atoms with Crippen LogP contribution in [0.4, 0.5) is 0 Å². The van der Waals surface area contributed by atoms with E-state index in [1.54, 1.807) is 30.3 Å². The van der Waals surface area contributed by atoms with Gasteiger partial charge in [-0.2, -0.15) is 9.29 Å². The van der Waals surface area contributed by atoms with Crippen LogP contribution in [0.1, 0.15) is 24.8 Å². The SMILES string of the molecule is CCCN(CCc1nc(-c2ccc(C)cc2)no1)S(=O)(=O)c1ccccc1. The van der Waals surface area contributed by atoms with Gasteiger partial charge in [0.25, 0.3) is 0 Å². The van der Waals surface area contributed by atoms with Crippen molar-refractivity contribution in [3.05, 3.63) is 66.1 Å². The van der Waals surface area contributed by atoms with Gasteiger partial charge in [0.2, 0.25) is 21.7 Å². The lowest BCUT2D eigenvalue weighted by Crippen LogP contribution is -2.33. The molecule has 0 aliphatic rings. The Morgan fingerprint density at radius 1 is 1.00 bits per heavy atom. The molecule has 1 heterocycles. The number of benzene rings is 2. The van der Waals surface area contributed by atoms with E-state index in [9.17, 15) is 8.42 Å². The van der Waals surface area contributed by atoms with Crippen LogP contribution in [0.5, 0.6) is 0 Å². The molecule has 0 bridgehead atoms. The van der Waals surface area contributed by atoms with Gasteiger partial charge in [-0.15, -0.1) is 0 Å². The minimum Gasteiger partial charge on any atom is -0.339 e. The lowest BCUT2D eigenvalue weighted by molar-refractivity contribution is 0.351. The standard InChI is InChI=1S/C20H23N3O3S/c1-3-14-23(27(24,25)18-7-5-4-6-8-18)15-13-19-21-20(22-26-19)17-11-9-16(2)10-12-17/h4-12H,3,13-15H2,1-2H3. The molecule has 0 aliphatic heterocycles. The fraction of sp³-hybridized carbons (Fsp3) is 0.300. The molecule has 1 aromatic heterocycles. The van der Waals surface area contributed by atoms with Crippen molar-refractivity contribution < 1.29 is 12.9 Å². The van der Waals surface area contributed by atoms with E-state index in [1.807, 2.05) is 38.1 Å². The van der Waals surface area contributed by atoms with E-state index in [2.05, 4.69) is 10.1 Å². The molecule has 0 amide bonds. The predicted octanol–water partition coefficient (Wildman–Crippen LogP) is 3.69. The highest BCUT2D eigenvalue weighted by molar-refractivity contribution is 7.89. The summed E-state index contributed by atoms with van der Waals surface area (Å²) >= 11 is 0. The molecule has 0 radical (unpaired) electrons. The van der Waals surface area contributed by atoms with Gasteiger partial charge in [-0.1, -0.05) is 60.1 Å². The maximum atomic E-state index is 12.9. The average molecular weight is 385 g/mol. The largest absolute Gasteiger partial charge is 0.339 e. The smallest absolute Gasteiger partial charge is 0.243 e. The molecular weight excluding hydrogens is 362 g/mol. The molecule has 142 valence electrons. The van der Waals surface area contributed by atoms with Crippen LogP contribution in [0, 0.1) is 6.92 Å². The van der Waals surface area contributed by atoms with Gasteiger partial charge in [0.05, 0.1) is 4.90 Å². The van der Waals surface area contributed by atoms with E-state index in [-0.39, 0.29) is 0 Å². The number of hydrogen-bond acceptors (Lipinski definition) is 5. The van der Waals surface area contributed by atoms with E-state index in [0.717, 1.165) is 17.5 Å². The maximum Gasteiger partial charge on any atom is 0.243 e. The van der Waals surface area contributed by atoms with Crippen molar-refractivity contribution in [2.75, 3.05) is 13.1 Å². The molecule has 2 aromatic carbocycles. The van der Waals surface area contributed by atoms with Crippen LogP contribution in [0.3, 0.4) is 0 Å². The van der Waals surface area contributed by atoms with Gasteiger partial charge in [-0.3, -0.25) is 0 Å². The summed E-state index contributed by atoms with van der Waals surface area (Å²) < 4.78 is 32.5. The lowest BCUT2D eigenvalue weighted by Gasteiger charge is -2.20. The first kappa shape index (κ1) is 19.3. The van der Waals surface area contributed by atoms with Crippen LogP contribution in [0.25, 0.3) is 11.4 Å². The number of aromatic nitrogens is 2. The molecule has 3 aromatic rings. The van der Waals surface area contributed by atoms with Crippen LogP contribution in [0.2, 0.25) is 0 Å². The van der Waals surface area contributed by atoms with E-state index in [1.165, 1.54) is 4.31 Å². The van der Waals surface area contributed by atoms with Gasteiger partial charge >= 0.3 is 0 Å². The maximum absolute atomic E-state index is 12.9. The molecule has 3 rings (SSSR count). The second-order valence-corrected chi connectivity index (χ2v) is 8.28. The first-order valence-corrected chi connectivity index (χ1v) is 10.4. The zero-order chi connectivity index (χ0) is 19.3. The molecule has 27 heavy (non-hydrogen) atoms. The summed E-state index contributed by atoms with van der Waals surface area (Å²) in [5, 5.41) is 4.01. The molecular formula is C20H23N3O3S. The zero-order valence-electron chi connectivity index (χ0n) is 15.5. The third-order valence-electron chi connectivity index (χ3n) is 4.21. The molecule has 0 N–H and O–H groups in total. The quantitative estimate of drug-likeness (QED) is 0.591. The van der Waals surface area contributed by atoms with Crippen LogP contribution in [0.15, 0.2) is 64.0 Å². The van der Waals surface area contributed by atoms with Crippen LogP contribution < -0.4 is 0 Å². The fourth-order valence-corrected chi connectivity index (χ4v) is 4.29. The third kappa shape index (κ3) is 4.61. The molecule has 0 spiro atoms. The van der Waals surface area contributed by atoms with Gasteiger partial charge in [0, 0.05) is 25.1 Å². The van der Waals surface area contributed by atoms with Gasteiger partial charge in [0.1, 0.15) is 0 Å². The normalized spacial score (nSPS) is 11.8. The van der Waals surface area contributed by atoms with Crippen molar-refractivity contribution in [1.82, 2.24) is 14.4 Å². The molecule has 7 heteroatoms. The van der Waals surface area contributed by atoms with E-state index in [0.29, 0.717) is 36.1 Å². The summed E-state index contributed by atoms with van der Waals surface area (Å²) in [7, 11) is -3.54.